The highest BCUT2D eigenvalue weighted by atomic mass is 16.5. The first-order valence-corrected chi connectivity index (χ1v) is 6.97. The van der Waals surface area contributed by atoms with Crippen molar-refractivity contribution in [2.24, 2.45) is 0 Å². The molecule has 0 radical (unpaired) electrons. The number of carbonyl (C=O) groups is 2. The molecule has 1 aromatic rings. The molecule has 0 bridgehead atoms. The molecule has 5 nitrogen and oxygen atoms in total. The first-order chi connectivity index (χ1) is 10.7. The van der Waals surface area contributed by atoms with Crippen molar-refractivity contribution in [3.8, 4) is 5.75 Å². The largest absolute Gasteiger partial charge is 0.497 e. The maximum atomic E-state index is 12.4. The molecule has 0 aromatic heterocycles. The molecule has 116 valence electrons. The average molecular weight is 302 g/mol. The van der Waals surface area contributed by atoms with Crippen molar-refractivity contribution < 1.29 is 23.8 Å². The first-order valence-electron chi connectivity index (χ1n) is 6.97. The van der Waals surface area contributed by atoms with Crippen LogP contribution in [-0.4, -0.2) is 32.6 Å². The second-order valence-corrected chi connectivity index (χ2v) is 4.71. The summed E-state index contributed by atoms with van der Waals surface area (Å²) in [7, 11) is 2.81. The molecule has 1 heterocycles. The maximum Gasteiger partial charge on any atom is 0.342 e. The number of rotatable bonds is 5. The minimum absolute atomic E-state index is 0.0548. The van der Waals surface area contributed by atoms with Gasteiger partial charge in [0.25, 0.3) is 0 Å². The second-order valence-electron chi connectivity index (χ2n) is 4.71. The summed E-state index contributed by atoms with van der Waals surface area (Å²) in [5.74, 6) is -0.240. The molecular weight excluding hydrogens is 284 g/mol. The number of Topliss-reactive ketones (excluding diaryl/α,β-unsaturated/α-hetero) is 1. The van der Waals surface area contributed by atoms with E-state index < -0.39 is 11.8 Å². The third kappa shape index (κ3) is 3.75. The van der Waals surface area contributed by atoms with Gasteiger partial charge in [-0.3, -0.25) is 4.79 Å². The molecule has 1 aliphatic heterocycles. The minimum Gasteiger partial charge on any atom is -0.497 e. The Labute approximate surface area is 129 Å². The predicted octanol–water partition coefficient (Wildman–Crippen LogP) is 2.52. The standard InChI is InChI=1S/C17H18O5/c1-20-13-8-6-12(7-9-13)11-14(17(19)21-2)16(18)15-5-3-4-10-22-15/h5-9,11H,3-4,10H2,1-2H3/b14-11-. The van der Waals surface area contributed by atoms with Gasteiger partial charge in [-0.1, -0.05) is 12.1 Å². The molecule has 1 aromatic carbocycles. The van der Waals surface area contributed by atoms with E-state index in [4.69, 9.17) is 14.2 Å². The van der Waals surface area contributed by atoms with Gasteiger partial charge >= 0.3 is 5.97 Å². The summed E-state index contributed by atoms with van der Waals surface area (Å²) < 4.78 is 15.1. The Morgan fingerprint density at radius 3 is 2.45 bits per heavy atom. The molecule has 22 heavy (non-hydrogen) atoms. The average Bonchev–Trinajstić information content (AvgIpc) is 2.59. The zero-order valence-corrected chi connectivity index (χ0v) is 12.6. The number of hydrogen-bond donors (Lipinski definition) is 0. The van der Waals surface area contributed by atoms with E-state index >= 15 is 0 Å². The summed E-state index contributed by atoms with van der Waals surface area (Å²) >= 11 is 0. The van der Waals surface area contributed by atoms with E-state index in [9.17, 15) is 9.59 Å². The van der Waals surface area contributed by atoms with Crippen LogP contribution in [0.4, 0.5) is 0 Å². The van der Waals surface area contributed by atoms with Crippen LogP contribution in [0.3, 0.4) is 0 Å². The van der Waals surface area contributed by atoms with Crippen LogP contribution in [0, 0.1) is 0 Å². The van der Waals surface area contributed by atoms with Crippen molar-refractivity contribution in [1.29, 1.82) is 0 Å². The van der Waals surface area contributed by atoms with Crippen molar-refractivity contribution in [3.63, 3.8) is 0 Å². The number of carbonyl (C=O) groups excluding carboxylic acids is 2. The maximum absolute atomic E-state index is 12.4. The molecule has 0 atom stereocenters. The van der Waals surface area contributed by atoms with Crippen LogP contribution in [-0.2, 0) is 19.1 Å². The topological polar surface area (TPSA) is 61.8 Å². The lowest BCUT2D eigenvalue weighted by molar-refractivity contribution is -0.137. The van der Waals surface area contributed by atoms with Crippen molar-refractivity contribution in [2.45, 2.75) is 12.8 Å². The van der Waals surface area contributed by atoms with E-state index in [2.05, 4.69) is 0 Å². The Bertz CT molecular complexity index is 610. The Morgan fingerprint density at radius 1 is 1.18 bits per heavy atom. The zero-order chi connectivity index (χ0) is 15.9. The van der Waals surface area contributed by atoms with Gasteiger partial charge in [0.15, 0.2) is 5.76 Å². The van der Waals surface area contributed by atoms with Gasteiger partial charge in [0.05, 0.1) is 20.8 Å². The molecule has 0 unspecified atom stereocenters. The van der Waals surface area contributed by atoms with Gasteiger partial charge in [-0.25, -0.2) is 4.79 Å². The van der Waals surface area contributed by atoms with Crippen LogP contribution >= 0.6 is 0 Å². The molecule has 0 aliphatic carbocycles. The van der Waals surface area contributed by atoms with Crippen molar-refractivity contribution in [1.82, 2.24) is 0 Å². The van der Waals surface area contributed by atoms with Gasteiger partial charge in [-0.15, -0.1) is 0 Å². The van der Waals surface area contributed by atoms with E-state index in [0.29, 0.717) is 17.9 Å². The highest BCUT2D eigenvalue weighted by Crippen LogP contribution is 2.19. The van der Waals surface area contributed by atoms with Gasteiger partial charge in [-0.05, 0) is 42.7 Å². The highest BCUT2D eigenvalue weighted by molar-refractivity contribution is 6.26. The van der Waals surface area contributed by atoms with Crippen LogP contribution in [0.15, 0.2) is 41.7 Å². The lowest BCUT2D eigenvalue weighted by Gasteiger charge is -2.14. The third-order valence-corrected chi connectivity index (χ3v) is 3.24. The molecular formula is C17H18O5. The summed E-state index contributed by atoms with van der Waals surface area (Å²) in [6, 6.07) is 7.01. The van der Waals surface area contributed by atoms with Crippen molar-refractivity contribution in [3.05, 3.63) is 47.2 Å². The van der Waals surface area contributed by atoms with Crippen LogP contribution in [0.25, 0.3) is 6.08 Å². The van der Waals surface area contributed by atoms with E-state index in [-0.39, 0.29) is 11.3 Å². The summed E-state index contributed by atoms with van der Waals surface area (Å²) in [5.41, 5.74) is 0.645. The monoisotopic (exact) mass is 302 g/mol. The molecule has 0 fully saturated rings. The Balaban J connectivity index is 2.32. The van der Waals surface area contributed by atoms with Gasteiger partial charge in [0, 0.05) is 0 Å². The van der Waals surface area contributed by atoms with Crippen molar-refractivity contribution >= 4 is 17.8 Å². The summed E-state index contributed by atoms with van der Waals surface area (Å²) in [4.78, 5) is 24.3. The van der Waals surface area contributed by atoms with Gasteiger partial charge in [0.2, 0.25) is 5.78 Å². The fraction of sp³-hybridized carbons (Fsp3) is 0.294. The number of esters is 1. The van der Waals surface area contributed by atoms with Crippen molar-refractivity contribution in [2.75, 3.05) is 20.8 Å². The quantitative estimate of drug-likeness (QED) is 0.362. The normalized spacial score (nSPS) is 14.6. The Kier molecular flexibility index (Phi) is 5.36. The molecule has 0 amide bonds. The third-order valence-electron chi connectivity index (χ3n) is 3.24. The first kappa shape index (κ1) is 15.8. The minimum atomic E-state index is -0.684. The fourth-order valence-electron chi connectivity index (χ4n) is 2.04. The Hall–Kier alpha value is -2.56. The summed E-state index contributed by atoms with van der Waals surface area (Å²) in [6.45, 7) is 0.481. The van der Waals surface area contributed by atoms with E-state index in [0.717, 1.165) is 12.8 Å². The zero-order valence-electron chi connectivity index (χ0n) is 12.6. The van der Waals surface area contributed by atoms with Gasteiger partial charge in [0.1, 0.15) is 11.3 Å². The SMILES string of the molecule is COC(=O)/C(=C\c1ccc(OC)cc1)C(=O)C1=CCCCO1. The predicted molar refractivity (Wildman–Crippen MR) is 81.3 cm³/mol. The van der Waals surface area contributed by atoms with Crippen LogP contribution < -0.4 is 4.74 Å². The number of methoxy groups -OCH3 is 2. The molecule has 0 saturated carbocycles. The van der Waals surface area contributed by atoms with Crippen LogP contribution in [0.5, 0.6) is 5.75 Å². The van der Waals surface area contributed by atoms with E-state index in [1.165, 1.54) is 13.2 Å². The Morgan fingerprint density at radius 2 is 1.91 bits per heavy atom. The molecule has 2 rings (SSSR count). The summed E-state index contributed by atoms with van der Waals surface area (Å²) in [5, 5.41) is 0. The fourth-order valence-corrected chi connectivity index (χ4v) is 2.04. The summed E-state index contributed by atoms with van der Waals surface area (Å²) in [6.07, 6.45) is 4.83. The highest BCUT2D eigenvalue weighted by Gasteiger charge is 2.24. The number of hydrogen-bond acceptors (Lipinski definition) is 5. The lowest BCUT2D eigenvalue weighted by atomic mass is 10.0. The van der Waals surface area contributed by atoms with Gasteiger partial charge in [-0.2, -0.15) is 0 Å². The number of ketones is 1. The molecule has 0 saturated heterocycles. The molecule has 5 heteroatoms. The van der Waals surface area contributed by atoms with E-state index in [1.54, 1.807) is 37.5 Å². The van der Waals surface area contributed by atoms with E-state index in [1.807, 2.05) is 0 Å². The molecule has 0 spiro atoms. The number of ether oxygens (including phenoxy) is 3. The molecule has 0 N–H and O–H groups in total. The van der Waals surface area contributed by atoms with Crippen LogP contribution in [0.1, 0.15) is 18.4 Å². The lowest BCUT2D eigenvalue weighted by Crippen LogP contribution is -2.19. The van der Waals surface area contributed by atoms with Crippen LogP contribution in [0.2, 0.25) is 0 Å². The number of allylic oxidation sites excluding steroid dienone is 2. The smallest absolute Gasteiger partial charge is 0.342 e. The van der Waals surface area contributed by atoms with Gasteiger partial charge < -0.3 is 14.2 Å². The molecule has 1 aliphatic rings. The second kappa shape index (κ2) is 7.45. The number of benzene rings is 1.